The summed E-state index contributed by atoms with van der Waals surface area (Å²) in [4.78, 5) is 23.7. The average molecular weight is 326 g/mol. The fraction of sp³-hybridized carbons (Fsp3) is 0.222. The van der Waals surface area contributed by atoms with E-state index < -0.39 is 5.97 Å². The first-order valence-electron chi connectivity index (χ1n) is 7.63. The Morgan fingerprint density at radius 2 is 2.04 bits per heavy atom. The minimum atomic E-state index is -0.451. The van der Waals surface area contributed by atoms with Gasteiger partial charge < -0.3 is 19.0 Å². The Balaban J connectivity index is 1.51. The topological polar surface area (TPSA) is 73.5 Å². The van der Waals surface area contributed by atoms with Crippen LogP contribution >= 0.6 is 0 Å². The lowest BCUT2D eigenvalue weighted by molar-refractivity contribution is -0.149. The molecule has 3 rings (SSSR count). The number of benzene rings is 1. The van der Waals surface area contributed by atoms with Gasteiger partial charge in [0.25, 0.3) is 5.91 Å². The molecule has 0 unspecified atom stereocenters. The second-order valence-corrected chi connectivity index (χ2v) is 5.45. The molecule has 1 amide bonds. The molecule has 6 heteroatoms. The molecule has 0 aliphatic carbocycles. The van der Waals surface area contributed by atoms with Gasteiger partial charge in [-0.15, -0.1) is 0 Å². The number of carbonyl (C=O) groups excluding carboxylic acids is 2. The SMILES string of the molecule is Cc1cc2ccccc2n1CC(=O)OCC(=O)NCc1ccco1. The Hall–Kier alpha value is -3.02. The third kappa shape index (κ3) is 3.65. The number of para-hydroxylation sites is 1. The summed E-state index contributed by atoms with van der Waals surface area (Å²) in [5.41, 5.74) is 1.93. The standard InChI is InChI=1S/C18H18N2O4/c1-13-9-14-5-2-3-7-16(14)20(13)11-18(22)24-12-17(21)19-10-15-6-4-8-23-15/h2-9H,10-12H2,1H3,(H,19,21). The molecular weight excluding hydrogens is 308 g/mol. The van der Waals surface area contributed by atoms with Crippen molar-refractivity contribution in [1.82, 2.24) is 9.88 Å². The van der Waals surface area contributed by atoms with Crippen LogP contribution in [0.5, 0.6) is 0 Å². The van der Waals surface area contributed by atoms with Crippen LogP contribution in [0.2, 0.25) is 0 Å². The Bertz CT molecular complexity index is 849. The first-order chi connectivity index (χ1) is 11.6. The maximum Gasteiger partial charge on any atom is 0.326 e. The number of rotatable bonds is 6. The average Bonchev–Trinajstić information content (AvgIpc) is 3.20. The zero-order valence-electron chi connectivity index (χ0n) is 13.3. The summed E-state index contributed by atoms with van der Waals surface area (Å²) in [6.45, 7) is 1.97. The first kappa shape index (κ1) is 15.9. The van der Waals surface area contributed by atoms with E-state index in [9.17, 15) is 9.59 Å². The van der Waals surface area contributed by atoms with Crippen molar-refractivity contribution in [2.24, 2.45) is 0 Å². The van der Waals surface area contributed by atoms with E-state index in [0.717, 1.165) is 16.6 Å². The van der Waals surface area contributed by atoms with E-state index in [-0.39, 0.29) is 25.6 Å². The predicted octanol–water partition coefficient (Wildman–Crippen LogP) is 2.40. The molecule has 1 N–H and O–H groups in total. The largest absolute Gasteiger partial charge is 0.467 e. The van der Waals surface area contributed by atoms with Gasteiger partial charge in [0.15, 0.2) is 6.61 Å². The van der Waals surface area contributed by atoms with Crippen molar-refractivity contribution in [3.05, 3.63) is 60.2 Å². The van der Waals surface area contributed by atoms with Gasteiger partial charge >= 0.3 is 5.97 Å². The van der Waals surface area contributed by atoms with Crippen molar-refractivity contribution in [3.63, 3.8) is 0 Å². The Labute approximate surface area is 139 Å². The number of aryl methyl sites for hydroxylation is 1. The molecule has 0 saturated carbocycles. The van der Waals surface area contributed by atoms with Crippen LogP contribution in [0.4, 0.5) is 0 Å². The van der Waals surface area contributed by atoms with E-state index in [4.69, 9.17) is 9.15 Å². The van der Waals surface area contributed by atoms with Crippen LogP contribution in [0, 0.1) is 6.92 Å². The van der Waals surface area contributed by atoms with E-state index in [1.165, 1.54) is 6.26 Å². The number of carbonyl (C=O) groups is 2. The molecule has 3 aromatic rings. The number of nitrogens with zero attached hydrogens (tertiary/aromatic N) is 1. The van der Waals surface area contributed by atoms with E-state index >= 15 is 0 Å². The minimum Gasteiger partial charge on any atom is -0.467 e. The van der Waals surface area contributed by atoms with Crippen LogP contribution in [0.1, 0.15) is 11.5 Å². The zero-order valence-corrected chi connectivity index (χ0v) is 13.3. The lowest BCUT2D eigenvalue weighted by Crippen LogP contribution is -2.29. The molecule has 0 bridgehead atoms. The van der Waals surface area contributed by atoms with E-state index in [2.05, 4.69) is 5.32 Å². The van der Waals surface area contributed by atoms with Crippen molar-refractivity contribution in [2.75, 3.05) is 6.61 Å². The van der Waals surface area contributed by atoms with Gasteiger partial charge in [-0.25, -0.2) is 0 Å². The zero-order chi connectivity index (χ0) is 16.9. The normalized spacial score (nSPS) is 10.7. The third-order valence-corrected chi connectivity index (χ3v) is 3.71. The molecular formula is C18H18N2O4. The van der Waals surface area contributed by atoms with Gasteiger partial charge in [-0.2, -0.15) is 0 Å². The Morgan fingerprint density at radius 3 is 2.83 bits per heavy atom. The molecule has 2 heterocycles. The van der Waals surface area contributed by atoms with Crippen molar-refractivity contribution >= 4 is 22.8 Å². The molecule has 0 aliphatic heterocycles. The summed E-state index contributed by atoms with van der Waals surface area (Å²) in [6, 6.07) is 13.3. The molecule has 0 fully saturated rings. The van der Waals surface area contributed by atoms with E-state index in [0.29, 0.717) is 5.76 Å². The van der Waals surface area contributed by atoms with Crippen molar-refractivity contribution in [2.45, 2.75) is 20.0 Å². The number of esters is 1. The molecule has 0 radical (unpaired) electrons. The molecule has 6 nitrogen and oxygen atoms in total. The molecule has 2 aromatic heterocycles. The van der Waals surface area contributed by atoms with Gasteiger partial charge in [0.2, 0.25) is 0 Å². The van der Waals surface area contributed by atoms with Gasteiger partial charge in [-0.1, -0.05) is 18.2 Å². The van der Waals surface area contributed by atoms with E-state index in [1.54, 1.807) is 12.1 Å². The molecule has 0 atom stereocenters. The Morgan fingerprint density at radius 1 is 1.21 bits per heavy atom. The lowest BCUT2D eigenvalue weighted by atomic mass is 10.2. The van der Waals surface area contributed by atoms with E-state index in [1.807, 2.05) is 41.8 Å². The second kappa shape index (κ2) is 7.04. The molecule has 0 spiro atoms. The Kier molecular flexibility index (Phi) is 4.65. The van der Waals surface area contributed by atoms with Crippen LogP contribution in [0.25, 0.3) is 10.9 Å². The molecule has 1 aromatic carbocycles. The molecule has 0 aliphatic rings. The number of furan rings is 1. The molecule has 0 saturated heterocycles. The molecule has 124 valence electrons. The van der Waals surface area contributed by atoms with Crippen LogP contribution < -0.4 is 5.32 Å². The summed E-state index contributed by atoms with van der Waals surface area (Å²) >= 11 is 0. The number of amides is 1. The summed E-state index contributed by atoms with van der Waals surface area (Å²) in [5, 5.41) is 3.69. The monoisotopic (exact) mass is 326 g/mol. The number of ether oxygens (including phenoxy) is 1. The third-order valence-electron chi connectivity index (χ3n) is 3.71. The summed E-state index contributed by atoms with van der Waals surface area (Å²) in [5.74, 6) is -0.175. The number of aromatic nitrogens is 1. The minimum absolute atomic E-state index is 0.0742. The van der Waals surface area contributed by atoms with Crippen molar-refractivity contribution in [3.8, 4) is 0 Å². The quantitative estimate of drug-likeness (QED) is 0.706. The first-order valence-corrected chi connectivity index (χ1v) is 7.63. The lowest BCUT2D eigenvalue weighted by Gasteiger charge is -2.09. The summed E-state index contributed by atoms with van der Waals surface area (Å²) in [6.07, 6.45) is 1.53. The summed E-state index contributed by atoms with van der Waals surface area (Å²) < 4.78 is 12.0. The highest BCUT2D eigenvalue weighted by Crippen LogP contribution is 2.19. The van der Waals surface area contributed by atoms with Gasteiger partial charge in [0.1, 0.15) is 12.3 Å². The van der Waals surface area contributed by atoms with Gasteiger partial charge in [-0.3, -0.25) is 9.59 Å². The highest BCUT2D eigenvalue weighted by atomic mass is 16.5. The van der Waals surface area contributed by atoms with Crippen molar-refractivity contribution < 1.29 is 18.7 Å². The predicted molar refractivity (Wildman–Crippen MR) is 88.2 cm³/mol. The number of hydrogen-bond donors (Lipinski definition) is 1. The fourth-order valence-electron chi connectivity index (χ4n) is 2.53. The maximum atomic E-state index is 12.0. The highest BCUT2D eigenvalue weighted by Gasteiger charge is 2.12. The van der Waals surface area contributed by atoms with Crippen LogP contribution in [-0.4, -0.2) is 23.1 Å². The van der Waals surface area contributed by atoms with Gasteiger partial charge in [0, 0.05) is 11.2 Å². The van der Waals surface area contributed by atoms with Crippen LogP contribution in [-0.2, 0) is 27.4 Å². The number of nitrogens with one attached hydrogen (secondary N) is 1. The van der Waals surface area contributed by atoms with Crippen LogP contribution in [0.15, 0.2) is 53.1 Å². The number of hydrogen-bond acceptors (Lipinski definition) is 4. The van der Waals surface area contributed by atoms with Crippen molar-refractivity contribution in [1.29, 1.82) is 0 Å². The number of fused-ring (bicyclic) bond motifs is 1. The smallest absolute Gasteiger partial charge is 0.326 e. The van der Waals surface area contributed by atoms with Gasteiger partial charge in [0.05, 0.1) is 12.8 Å². The maximum absolute atomic E-state index is 12.0. The summed E-state index contributed by atoms with van der Waals surface area (Å²) in [7, 11) is 0. The molecule has 24 heavy (non-hydrogen) atoms. The fourth-order valence-corrected chi connectivity index (χ4v) is 2.53. The van der Waals surface area contributed by atoms with Gasteiger partial charge in [-0.05, 0) is 36.6 Å². The highest BCUT2D eigenvalue weighted by molar-refractivity contribution is 5.84. The second-order valence-electron chi connectivity index (χ2n) is 5.45. The van der Waals surface area contributed by atoms with Crippen LogP contribution in [0.3, 0.4) is 0 Å².